The van der Waals surface area contributed by atoms with Gasteiger partial charge in [0.05, 0.1) is 0 Å². The van der Waals surface area contributed by atoms with E-state index in [2.05, 4.69) is 23.2 Å². The van der Waals surface area contributed by atoms with E-state index in [-0.39, 0.29) is 0 Å². The average Bonchev–Trinajstić information content (AvgIpc) is 1.86. The molecule has 0 aliphatic heterocycles. The zero-order valence-corrected chi connectivity index (χ0v) is 8.66. The Morgan fingerprint density at radius 3 is 0.917 bits per heavy atom. The van der Waals surface area contributed by atoms with Crippen LogP contribution in [0.5, 0.6) is 0 Å². The van der Waals surface area contributed by atoms with Gasteiger partial charge < -0.3 is 0 Å². The van der Waals surface area contributed by atoms with Crippen molar-refractivity contribution in [1.29, 1.82) is 0 Å². The average molecular weight is 261 g/mol. The van der Waals surface area contributed by atoms with Gasteiger partial charge in [-0.25, -0.2) is 0 Å². The Bertz CT molecular complexity index is 258. The van der Waals surface area contributed by atoms with Gasteiger partial charge in [0.2, 0.25) is 0 Å². The normalized spacial score (nSPS) is 11.7. The summed E-state index contributed by atoms with van der Waals surface area (Å²) in [7, 11) is -7.79. The third-order valence-corrected chi connectivity index (χ3v) is 2.48. The highest BCUT2D eigenvalue weighted by Crippen LogP contribution is 1.83. The van der Waals surface area contributed by atoms with Crippen molar-refractivity contribution in [1.82, 2.24) is 0 Å². The molecule has 6 nitrogen and oxygen atoms in total. The molecule has 0 amide bonds. The molecule has 76 valence electrons. The molecule has 0 heterocycles. The minimum atomic E-state index is -3.90. The molecule has 0 aromatic heterocycles. The first-order chi connectivity index (χ1) is 5.12. The van der Waals surface area contributed by atoms with E-state index < -0.39 is 30.7 Å². The lowest BCUT2D eigenvalue weighted by Gasteiger charge is -1.78. The third kappa shape index (κ3) is 22.4. The van der Waals surface area contributed by atoms with Gasteiger partial charge in [0.25, 0.3) is 20.2 Å². The molecule has 0 saturated carbocycles. The highest BCUT2D eigenvalue weighted by Gasteiger charge is 1.96. The fraction of sp³-hybridized carbons (Fsp3) is 1.00. The van der Waals surface area contributed by atoms with Gasteiger partial charge in [-0.2, -0.15) is 16.8 Å². The predicted molar refractivity (Wildman–Crippen MR) is 44.5 cm³/mol. The Kier molecular flexibility index (Phi) is 7.38. The lowest BCUT2D eigenvalue weighted by atomic mass is 11.9. The van der Waals surface area contributed by atoms with Crippen LogP contribution < -0.4 is 0 Å². The van der Waals surface area contributed by atoms with Crippen LogP contribution in [0, 0.1) is 0 Å². The van der Waals surface area contributed by atoms with Crippen molar-refractivity contribution in [3.63, 3.8) is 0 Å². The molecule has 0 rings (SSSR count). The largest absolute Gasteiger partial charge is 0.285 e. The first kappa shape index (κ1) is 14.9. The van der Waals surface area contributed by atoms with E-state index in [4.69, 9.17) is 9.11 Å². The predicted octanol–water partition coefficient (Wildman–Crippen LogP) is 0.141. The summed E-state index contributed by atoms with van der Waals surface area (Å²) in [4.78, 5) is 0. The maximum absolute atomic E-state index is 9.42. The minimum absolute atomic E-state index is 0.729. The van der Waals surface area contributed by atoms with Gasteiger partial charge in [0.1, 0.15) is 10.4 Å². The smallest absolute Gasteiger partial charge is 0.279 e. The number of alkyl halides is 2. The van der Waals surface area contributed by atoms with Crippen molar-refractivity contribution < 1.29 is 25.9 Å². The van der Waals surface area contributed by atoms with Crippen LogP contribution in [0.15, 0.2) is 0 Å². The summed E-state index contributed by atoms with van der Waals surface area (Å²) in [6.07, 6.45) is 0. The Morgan fingerprint density at radius 1 is 0.833 bits per heavy atom. The number of rotatable bonds is 2. The molecule has 0 atom stereocenters. The molecule has 0 saturated heterocycles. The summed E-state index contributed by atoms with van der Waals surface area (Å²) in [6.45, 7) is 0. The zero-order valence-electron chi connectivity index (χ0n) is 5.51. The summed E-state index contributed by atoms with van der Waals surface area (Å²) in [5, 5.41) is -1.46. The molecule has 0 bridgehead atoms. The molecule has 2 N–H and O–H groups in total. The second-order valence-corrected chi connectivity index (χ2v) is 5.46. The summed E-state index contributed by atoms with van der Waals surface area (Å²) in [5.74, 6) is 0. The molecule has 0 unspecified atom stereocenters. The summed E-state index contributed by atoms with van der Waals surface area (Å²) in [5.41, 5.74) is 0. The van der Waals surface area contributed by atoms with Crippen LogP contribution >= 0.6 is 23.2 Å². The molecular weight excluding hydrogens is 255 g/mol. The van der Waals surface area contributed by atoms with Crippen LogP contribution in [0.3, 0.4) is 0 Å². The SMILES string of the molecule is O=S(=O)(O)CCl.O=S(=O)(O)CCl. The number of hydrogen-bond acceptors (Lipinski definition) is 4. The van der Waals surface area contributed by atoms with Crippen LogP contribution in [-0.4, -0.2) is 36.4 Å². The van der Waals surface area contributed by atoms with Gasteiger partial charge in [-0.3, -0.25) is 9.11 Å². The molecule has 0 aromatic rings. The Labute approximate surface area is 80.0 Å². The van der Waals surface area contributed by atoms with E-state index in [1.165, 1.54) is 0 Å². The van der Waals surface area contributed by atoms with Crippen LogP contribution in [0.4, 0.5) is 0 Å². The van der Waals surface area contributed by atoms with E-state index in [0.717, 1.165) is 0 Å². The molecule has 0 aromatic carbocycles. The molecule has 10 heteroatoms. The Hall–Kier alpha value is 0.400. The van der Waals surface area contributed by atoms with Crippen LogP contribution in [0.25, 0.3) is 0 Å². The van der Waals surface area contributed by atoms with Gasteiger partial charge in [-0.15, -0.1) is 23.2 Å². The second kappa shape index (κ2) is 5.95. The number of halogens is 2. The standard InChI is InChI=1S/2CH3ClO3S/c2*2-1-6(3,4)5/h2*1H2,(H,3,4,5). The molecule has 0 spiro atoms. The lowest BCUT2D eigenvalue weighted by molar-refractivity contribution is 0.486. The highest BCUT2D eigenvalue weighted by molar-refractivity contribution is 7.87. The van der Waals surface area contributed by atoms with E-state index >= 15 is 0 Å². The van der Waals surface area contributed by atoms with Crippen molar-refractivity contribution >= 4 is 43.4 Å². The Morgan fingerprint density at radius 2 is 0.917 bits per heavy atom. The molecule has 0 aliphatic carbocycles. The summed E-state index contributed by atoms with van der Waals surface area (Å²) < 4.78 is 53.0. The van der Waals surface area contributed by atoms with Crippen molar-refractivity contribution in [3.05, 3.63) is 0 Å². The fourth-order valence-corrected chi connectivity index (χ4v) is 0. The summed E-state index contributed by atoms with van der Waals surface area (Å²) >= 11 is 9.28. The lowest BCUT2D eigenvalue weighted by Crippen LogP contribution is -1.95. The maximum atomic E-state index is 9.42. The molecule has 0 aliphatic rings. The van der Waals surface area contributed by atoms with E-state index in [1.807, 2.05) is 0 Å². The van der Waals surface area contributed by atoms with Crippen LogP contribution in [0.1, 0.15) is 0 Å². The van der Waals surface area contributed by atoms with Gasteiger partial charge in [0.15, 0.2) is 0 Å². The topological polar surface area (TPSA) is 109 Å². The quantitative estimate of drug-likeness (QED) is 0.540. The first-order valence-electron chi connectivity index (χ1n) is 2.14. The van der Waals surface area contributed by atoms with E-state index in [9.17, 15) is 16.8 Å². The van der Waals surface area contributed by atoms with Gasteiger partial charge in [-0.1, -0.05) is 0 Å². The molecule has 12 heavy (non-hydrogen) atoms. The van der Waals surface area contributed by atoms with Crippen molar-refractivity contribution in [3.8, 4) is 0 Å². The third-order valence-electron chi connectivity index (χ3n) is 0.276. The van der Waals surface area contributed by atoms with Crippen LogP contribution in [-0.2, 0) is 20.2 Å². The summed E-state index contributed by atoms with van der Waals surface area (Å²) in [6, 6.07) is 0. The molecular formula is C2H6Cl2O6S2. The van der Waals surface area contributed by atoms with Crippen molar-refractivity contribution in [2.75, 3.05) is 10.4 Å². The van der Waals surface area contributed by atoms with Crippen LogP contribution in [0.2, 0.25) is 0 Å². The second-order valence-electron chi connectivity index (χ2n) is 1.38. The maximum Gasteiger partial charge on any atom is 0.279 e. The number of hydrogen-bond donors (Lipinski definition) is 2. The van der Waals surface area contributed by atoms with Crippen molar-refractivity contribution in [2.24, 2.45) is 0 Å². The first-order valence-corrected chi connectivity index (χ1v) is 6.43. The van der Waals surface area contributed by atoms with E-state index in [1.54, 1.807) is 0 Å². The molecule has 0 radical (unpaired) electrons. The van der Waals surface area contributed by atoms with Gasteiger partial charge in [-0.05, 0) is 0 Å². The fourth-order valence-electron chi connectivity index (χ4n) is 0. The Balaban J connectivity index is 0. The highest BCUT2D eigenvalue weighted by atomic mass is 35.5. The zero-order chi connectivity index (χ0) is 10.4. The van der Waals surface area contributed by atoms with E-state index in [0.29, 0.717) is 0 Å². The molecule has 0 fully saturated rings. The van der Waals surface area contributed by atoms with Gasteiger partial charge in [0, 0.05) is 0 Å². The van der Waals surface area contributed by atoms with Crippen molar-refractivity contribution in [2.45, 2.75) is 0 Å². The monoisotopic (exact) mass is 260 g/mol. The minimum Gasteiger partial charge on any atom is -0.285 e. The van der Waals surface area contributed by atoms with Gasteiger partial charge >= 0.3 is 0 Å².